The zero-order valence-electron chi connectivity index (χ0n) is 8.28. The number of nitrogens with two attached hydrogens (primary N) is 1. The van der Waals surface area contributed by atoms with E-state index in [9.17, 15) is 4.79 Å². The number of nitrogen functional groups attached to an aromatic ring is 1. The largest absolute Gasteiger partial charge is 0.398 e. The lowest BCUT2D eigenvalue weighted by atomic mass is 10.1. The van der Waals surface area contributed by atoms with E-state index in [2.05, 4.69) is 15.9 Å². The minimum Gasteiger partial charge on any atom is -0.398 e. The monoisotopic (exact) mass is 272 g/mol. The number of hydrogen-bond acceptors (Lipinski definition) is 3. The fourth-order valence-electron chi connectivity index (χ4n) is 1.80. The number of anilines is 1. The van der Waals surface area contributed by atoms with Gasteiger partial charge in [0, 0.05) is 18.5 Å². The second kappa shape index (κ2) is 4.37. The molecule has 0 spiro atoms. The number of nitrogens with zero attached hydrogens (tertiary/aromatic N) is 1. The molecule has 1 aromatic rings. The van der Waals surface area contributed by atoms with Crippen molar-refractivity contribution in [2.75, 3.05) is 18.9 Å². The molecule has 0 radical (unpaired) electrons. The highest BCUT2D eigenvalue weighted by Crippen LogP contribution is 2.19. The summed E-state index contributed by atoms with van der Waals surface area (Å²) in [6, 6.07) is 1.74. The standard InChI is InChI=1S/C10H13BrN2O2/c11-9-4-7(12)5-13(10(9)14)8-2-1-3-15-6-8/h4-5,8H,1-3,6,12H2. The molecule has 1 aliphatic heterocycles. The van der Waals surface area contributed by atoms with Crippen LogP contribution in [-0.4, -0.2) is 17.8 Å². The number of ether oxygens (including phenoxy) is 1. The summed E-state index contributed by atoms with van der Waals surface area (Å²) in [5.41, 5.74) is 6.25. The van der Waals surface area contributed by atoms with E-state index < -0.39 is 0 Å². The summed E-state index contributed by atoms with van der Waals surface area (Å²) >= 11 is 3.21. The maximum absolute atomic E-state index is 11.8. The van der Waals surface area contributed by atoms with Crippen molar-refractivity contribution in [2.24, 2.45) is 0 Å². The quantitative estimate of drug-likeness (QED) is 0.844. The maximum atomic E-state index is 11.8. The molecule has 1 aromatic heterocycles. The third-order valence-corrected chi connectivity index (χ3v) is 3.12. The average Bonchev–Trinajstić information content (AvgIpc) is 2.24. The minimum absolute atomic E-state index is 0.0419. The van der Waals surface area contributed by atoms with Gasteiger partial charge in [0.25, 0.3) is 5.56 Å². The molecule has 4 nitrogen and oxygen atoms in total. The van der Waals surface area contributed by atoms with Crippen LogP contribution in [0.3, 0.4) is 0 Å². The molecule has 15 heavy (non-hydrogen) atoms. The first kappa shape index (κ1) is 10.7. The lowest BCUT2D eigenvalue weighted by Gasteiger charge is -2.24. The van der Waals surface area contributed by atoms with Crippen LogP contribution in [0.5, 0.6) is 0 Å². The fourth-order valence-corrected chi connectivity index (χ4v) is 2.27. The first-order valence-electron chi connectivity index (χ1n) is 4.93. The van der Waals surface area contributed by atoms with Crippen LogP contribution in [-0.2, 0) is 4.74 Å². The van der Waals surface area contributed by atoms with E-state index >= 15 is 0 Å². The van der Waals surface area contributed by atoms with Gasteiger partial charge in [0.05, 0.1) is 17.1 Å². The lowest BCUT2D eigenvalue weighted by molar-refractivity contribution is 0.0580. The average molecular weight is 273 g/mol. The summed E-state index contributed by atoms with van der Waals surface area (Å²) in [4.78, 5) is 11.8. The molecule has 0 aliphatic carbocycles. The Labute approximate surface area is 96.2 Å². The van der Waals surface area contributed by atoms with Gasteiger partial charge < -0.3 is 15.0 Å². The van der Waals surface area contributed by atoms with Crippen LogP contribution in [0.4, 0.5) is 5.69 Å². The second-order valence-corrected chi connectivity index (χ2v) is 4.56. The normalized spacial score (nSPS) is 21.5. The number of aromatic nitrogens is 1. The molecule has 2 heterocycles. The van der Waals surface area contributed by atoms with Gasteiger partial charge in [0.2, 0.25) is 0 Å². The Morgan fingerprint density at radius 3 is 3.07 bits per heavy atom. The first-order valence-corrected chi connectivity index (χ1v) is 5.72. The zero-order valence-corrected chi connectivity index (χ0v) is 9.87. The van der Waals surface area contributed by atoms with E-state index in [0.29, 0.717) is 16.8 Å². The van der Waals surface area contributed by atoms with Gasteiger partial charge in [-0.3, -0.25) is 4.79 Å². The molecule has 0 aromatic carbocycles. The lowest BCUT2D eigenvalue weighted by Crippen LogP contribution is -2.30. The number of pyridine rings is 1. The Hall–Kier alpha value is -0.810. The van der Waals surface area contributed by atoms with Crippen molar-refractivity contribution in [3.05, 3.63) is 27.1 Å². The molecular weight excluding hydrogens is 260 g/mol. The summed E-state index contributed by atoms with van der Waals surface area (Å²) in [7, 11) is 0. The van der Waals surface area contributed by atoms with Gasteiger partial charge in [0.1, 0.15) is 0 Å². The van der Waals surface area contributed by atoms with Gasteiger partial charge in [-0.15, -0.1) is 0 Å². The zero-order chi connectivity index (χ0) is 10.8. The summed E-state index contributed by atoms with van der Waals surface area (Å²) in [5.74, 6) is 0. The molecule has 1 saturated heterocycles. The van der Waals surface area contributed by atoms with E-state index in [-0.39, 0.29) is 11.6 Å². The van der Waals surface area contributed by atoms with Crippen molar-refractivity contribution in [1.82, 2.24) is 4.57 Å². The van der Waals surface area contributed by atoms with Crippen LogP contribution in [0.2, 0.25) is 0 Å². The van der Waals surface area contributed by atoms with Crippen LogP contribution in [0.1, 0.15) is 18.9 Å². The summed E-state index contributed by atoms with van der Waals surface area (Å²) in [6.07, 6.45) is 3.64. The minimum atomic E-state index is -0.0419. The van der Waals surface area contributed by atoms with E-state index in [1.165, 1.54) is 0 Å². The smallest absolute Gasteiger partial charge is 0.265 e. The van der Waals surface area contributed by atoms with Crippen molar-refractivity contribution >= 4 is 21.6 Å². The Morgan fingerprint density at radius 2 is 2.40 bits per heavy atom. The van der Waals surface area contributed by atoms with Gasteiger partial charge in [-0.1, -0.05) is 0 Å². The van der Waals surface area contributed by atoms with Crippen LogP contribution >= 0.6 is 15.9 Å². The Bertz CT molecular complexity index is 410. The molecule has 1 unspecified atom stereocenters. The van der Waals surface area contributed by atoms with E-state index in [1.54, 1.807) is 16.8 Å². The Morgan fingerprint density at radius 1 is 1.60 bits per heavy atom. The summed E-state index contributed by atoms with van der Waals surface area (Å²) in [5, 5.41) is 0. The topological polar surface area (TPSA) is 57.2 Å². The van der Waals surface area contributed by atoms with Crippen molar-refractivity contribution in [2.45, 2.75) is 18.9 Å². The molecule has 0 bridgehead atoms. The number of hydrogen-bond donors (Lipinski definition) is 1. The van der Waals surface area contributed by atoms with Crippen LogP contribution in [0.15, 0.2) is 21.5 Å². The SMILES string of the molecule is Nc1cc(Br)c(=O)n(C2CCCOC2)c1. The van der Waals surface area contributed by atoms with E-state index in [0.717, 1.165) is 19.4 Å². The number of halogens is 1. The predicted octanol–water partition coefficient (Wildman–Crippen LogP) is 1.54. The van der Waals surface area contributed by atoms with Gasteiger partial charge in [-0.25, -0.2) is 0 Å². The third-order valence-electron chi connectivity index (χ3n) is 2.55. The molecule has 0 saturated carbocycles. The van der Waals surface area contributed by atoms with Gasteiger partial charge >= 0.3 is 0 Å². The highest BCUT2D eigenvalue weighted by molar-refractivity contribution is 9.10. The highest BCUT2D eigenvalue weighted by atomic mass is 79.9. The van der Waals surface area contributed by atoms with Gasteiger partial charge in [-0.05, 0) is 34.8 Å². The molecule has 1 aliphatic rings. The predicted molar refractivity (Wildman–Crippen MR) is 61.9 cm³/mol. The third kappa shape index (κ3) is 2.23. The van der Waals surface area contributed by atoms with Crippen LogP contribution < -0.4 is 11.3 Å². The van der Waals surface area contributed by atoms with Gasteiger partial charge in [-0.2, -0.15) is 0 Å². The van der Waals surface area contributed by atoms with Gasteiger partial charge in [0.15, 0.2) is 0 Å². The van der Waals surface area contributed by atoms with E-state index in [1.807, 2.05) is 0 Å². The molecular formula is C10H13BrN2O2. The van der Waals surface area contributed by atoms with Crippen LogP contribution in [0, 0.1) is 0 Å². The molecule has 1 atom stereocenters. The van der Waals surface area contributed by atoms with Crippen molar-refractivity contribution < 1.29 is 4.74 Å². The van der Waals surface area contributed by atoms with Crippen molar-refractivity contribution in [1.29, 1.82) is 0 Å². The summed E-state index contributed by atoms with van der Waals surface area (Å²) in [6.45, 7) is 1.38. The molecule has 5 heteroatoms. The Balaban J connectivity index is 2.38. The fraction of sp³-hybridized carbons (Fsp3) is 0.500. The molecule has 2 rings (SSSR count). The first-order chi connectivity index (χ1) is 7.18. The second-order valence-electron chi connectivity index (χ2n) is 3.70. The Kier molecular flexibility index (Phi) is 3.11. The van der Waals surface area contributed by atoms with Crippen molar-refractivity contribution in [3.63, 3.8) is 0 Å². The maximum Gasteiger partial charge on any atom is 0.265 e. The summed E-state index contributed by atoms with van der Waals surface area (Å²) < 4.78 is 7.53. The molecule has 2 N–H and O–H groups in total. The van der Waals surface area contributed by atoms with E-state index in [4.69, 9.17) is 10.5 Å². The molecule has 1 fully saturated rings. The number of rotatable bonds is 1. The molecule has 0 amide bonds. The van der Waals surface area contributed by atoms with Crippen molar-refractivity contribution in [3.8, 4) is 0 Å². The molecule has 82 valence electrons. The van der Waals surface area contributed by atoms with Crippen LogP contribution in [0.25, 0.3) is 0 Å². The highest BCUT2D eigenvalue weighted by Gasteiger charge is 2.17.